The summed E-state index contributed by atoms with van der Waals surface area (Å²) >= 11 is 0. The Morgan fingerprint density at radius 1 is 1.21 bits per heavy atom. The van der Waals surface area contributed by atoms with E-state index >= 15 is 0 Å². The van der Waals surface area contributed by atoms with Crippen LogP contribution in [0, 0.1) is 6.92 Å². The fourth-order valence-corrected chi connectivity index (χ4v) is 4.05. The first-order valence-electron chi connectivity index (χ1n) is 9.40. The molecule has 1 N–H and O–H groups in total. The summed E-state index contributed by atoms with van der Waals surface area (Å²) in [4.78, 5) is 17.1. The molecule has 0 unspecified atom stereocenters. The third kappa shape index (κ3) is 3.49. The molecule has 0 atom stereocenters. The van der Waals surface area contributed by atoms with Crippen LogP contribution < -0.4 is 10.3 Å². The van der Waals surface area contributed by atoms with Gasteiger partial charge in [0.05, 0.1) is 11.0 Å². The van der Waals surface area contributed by atoms with E-state index in [4.69, 9.17) is 4.98 Å². The van der Waals surface area contributed by atoms with Crippen molar-refractivity contribution in [1.29, 1.82) is 0 Å². The fourth-order valence-electron chi connectivity index (χ4n) is 3.75. The van der Waals surface area contributed by atoms with Crippen molar-refractivity contribution in [3.05, 3.63) is 51.7 Å². The summed E-state index contributed by atoms with van der Waals surface area (Å²) in [6, 6.07) is 6.05. The van der Waals surface area contributed by atoms with E-state index in [0.29, 0.717) is 24.4 Å². The summed E-state index contributed by atoms with van der Waals surface area (Å²) in [7, 11) is 1.19. The van der Waals surface area contributed by atoms with Gasteiger partial charge < -0.3 is 9.13 Å². The Labute approximate surface area is 165 Å². The Bertz CT molecular complexity index is 1170. The minimum Gasteiger partial charge on any atom is -0.331 e. The topological polar surface area (TPSA) is 86.0 Å². The molecule has 1 aliphatic carbocycles. The first-order valence-corrected chi connectivity index (χ1v) is 10.6. The molecule has 2 aromatic heterocycles. The number of aromatic nitrogens is 3. The Balaban J connectivity index is 1.89. The second-order valence-electron chi connectivity index (χ2n) is 7.56. The number of thiol groups is 1. The molecule has 8 heteroatoms. The standard InChI is InChI=1S/C20H24N4O3S/c1-12-8-15(11-23(2)20(12)25)16-9-13(6-7-21-28(26)27)10-17-18(16)22-19(24(17)3)14-4-5-14/h8-11,14,28H,4-7H2,1-3H3,(H,21,26,27). The van der Waals surface area contributed by atoms with Crippen molar-refractivity contribution >= 4 is 21.9 Å². The zero-order chi connectivity index (χ0) is 20.0. The Hall–Kier alpha value is -2.45. The summed E-state index contributed by atoms with van der Waals surface area (Å²) < 4.78 is 27.8. The molecule has 1 aromatic carbocycles. The van der Waals surface area contributed by atoms with E-state index in [0.717, 1.165) is 33.5 Å². The lowest BCUT2D eigenvalue weighted by atomic mass is 10.00. The average molecular weight is 401 g/mol. The largest absolute Gasteiger partial charge is 0.331 e. The number of imidazole rings is 1. The van der Waals surface area contributed by atoms with Crippen molar-refractivity contribution in [2.45, 2.75) is 32.1 Å². The number of nitrogens with zero attached hydrogens (tertiary/aromatic N) is 3. The van der Waals surface area contributed by atoms with Gasteiger partial charge in [0, 0.05) is 49.4 Å². The van der Waals surface area contributed by atoms with Crippen molar-refractivity contribution in [1.82, 2.24) is 18.8 Å². The number of fused-ring (bicyclic) bond motifs is 1. The maximum Gasteiger partial charge on any atom is 0.253 e. The number of rotatable bonds is 6. The Morgan fingerprint density at radius 3 is 2.61 bits per heavy atom. The van der Waals surface area contributed by atoms with Crippen LogP contribution in [0.5, 0.6) is 0 Å². The highest BCUT2D eigenvalue weighted by Crippen LogP contribution is 2.41. The smallest absolute Gasteiger partial charge is 0.253 e. The van der Waals surface area contributed by atoms with E-state index in [1.807, 2.05) is 26.2 Å². The third-order valence-corrected chi connectivity index (χ3v) is 5.83. The van der Waals surface area contributed by atoms with Gasteiger partial charge in [0.15, 0.2) is 0 Å². The Morgan fingerprint density at radius 2 is 1.96 bits per heavy atom. The van der Waals surface area contributed by atoms with Crippen LogP contribution in [0.15, 0.2) is 29.2 Å². The average Bonchev–Trinajstić information content (AvgIpc) is 3.43. The lowest BCUT2D eigenvalue weighted by molar-refractivity contribution is 0.602. The highest BCUT2D eigenvalue weighted by atomic mass is 32.2. The van der Waals surface area contributed by atoms with Crippen LogP contribution in [0.2, 0.25) is 0 Å². The van der Waals surface area contributed by atoms with Crippen molar-refractivity contribution < 1.29 is 8.42 Å². The number of nitrogens with one attached hydrogen (secondary N) is 1. The van der Waals surface area contributed by atoms with E-state index in [1.165, 1.54) is 12.8 Å². The molecule has 0 aliphatic heterocycles. The van der Waals surface area contributed by atoms with Crippen molar-refractivity contribution in [2.24, 2.45) is 14.1 Å². The van der Waals surface area contributed by atoms with Gasteiger partial charge in [0.2, 0.25) is 10.9 Å². The summed E-state index contributed by atoms with van der Waals surface area (Å²) in [5.41, 5.74) is 5.57. The van der Waals surface area contributed by atoms with Gasteiger partial charge in [-0.15, -0.1) is 0 Å². The van der Waals surface area contributed by atoms with Crippen LogP contribution >= 0.6 is 0 Å². The number of hydrogen-bond donors (Lipinski definition) is 2. The van der Waals surface area contributed by atoms with Gasteiger partial charge in [0.25, 0.3) is 5.56 Å². The van der Waals surface area contributed by atoms with Crippen LogP contribution in [0.4, 0.5) is 0 Å². The van der Waals surface area contributed by atoms with Gasteiger partial charge in [-0.1, -0.05) is 0 Å². The Kier molecular flexibility index (Phi) is 4.84. The van der Waals surface area contributed by atoms with E-state index in [9.17, 15) is 13.2 Å². The zero-order valence-electron chi connectivity index (χ0n) is 16.2. The van der Waals surface area contributed by atoms with Crippen LogP contribution in [0.25, 0.3) is 22.2 Å². The molecule has 0 spiro atoms. The predicted molar refractivity (Wildman–Crippen MR) is 110 cm³/mol. The maximum atomic E-state index is 12.1. The fraction of sp³-hybridized carbons (Fsp3) is 0.400. The number of hydrogen-bond acceptors (Lipinski definition) is 4. The molecule has 28 heavy (non-hydrogen) atoms. The summed E-state index contributed by atoms with van der Waals surface area (Å²) in [6.45, 7) is 2.17. The second kappa shape index (κ2) is 7.18. The normalized spacial score (nSPS) is 14.3. The van der Waals surface area contributed by atoms with Gasteiger partial charge in [-0.3, -0.25) is 4.79 Å². The third-order valence-electron chi connectivity index (χ3n) is 5.35. The predicted octanol–water partition coefficient (Wildman–Crippen LogP) is 1.78. The van der Waals surface area contributed by atoms with E-state index in [-0.39, 0.29) is 5.56 Å². The molecule has 3 aromatic rings. The molecule has 1 aliphatic rings. The van der Waals surface area contributed by atoms with Gasteiger partial charge >= 0.3 is 0 Å². The molecule has 0 radical (unpaired) electrons. The number of benzene rings is 1. The van der Waals surface area contributed by atoms with Gasteiger partial charge in [-0.05, 0) is 49.9 Å². The first kappa shape index (κ1) is 18.9. The van der Waals surface area contributed by atoms with Gasteiger partial charge in [-0.25, -0.2) is 18.1 Å². The zero-order valence-corrected chi connectivity index (χ0v) is 17.1. The molecule has 1 saturated carbocycles. The van der Waals surface area contributed by atoms with Crippen LogP contribution in [-0.4, -0.2) is 29.1 Å². The first-order chi connectivity index (χ1) is 13.3. The minimum atomic E-state index is -2.60. The minimum absolute atomic E-state index is 0.0145. The number of aryl methyl sites for hydroxylation is 3. The highest BCUT2D eigenvalue weighted by molar-refractivity contribution is 7.70. The SMILES string of the molecule is Cc1cc(-c2cc(CCN[SH](=O)=O)cc3c2nc(C2CC2)n3C)cn(C)c1=O. The number of pyridine rings is 1. The molecule has 1 fully saturated rings. The van der Waals surface area contributed by atoms with Gasteiger partial charge in [0.1, 0.15) is 5.82 Å². The quantitative estimate of drug-likeness (QED) is 0.618. The highest BCUT2D eigenvalue weighted by Gasteiger charge is 2.29. The van der Waals surface area contributed by atoms with Gasteiger partial charge in [-0.2, -0.15) is 0 Å². The van der Waals surface area contributed by atoms with Crippen LogP contribution in [0.3, 0.4) is 0 Å². The summed E-state index contributed by atoms with van der Waals surface area (Å²) in [5.74, 6) is 1.61. The molecule has 148 valence electrons. The second-order valence-corrected chi connectivity index (χ2v) is 8.39. The van der Waals surface area contributed by atoms with Crippen molar-refractivity contribution in [2.75, 3.05) is 6.54 Å². The lowest BCUT2D eigenvalue weighted by Crippen LogP contribution is -2.18. The molecule has 7 nitrogen and oxygen atoms in total. The molecule has 0 amide bonds. The lowest BCUT2D eigenvalue weighted by Gasteiger charge is -2.10. The molecule has 2 heterocycles. The monoisotopic (exact) mass is 400 g/mol. The molecule has 0 bridgehead atoms. The van der Waals surface area contributed by atoms with Crippen LogP contribution in [0.1, 0.15) is 35.7 Å². The van der Waals surface area contributed by atoms with E-state index in [1.54, 1.807) is 11.6 Å². The van der Waals surface area contributed by atoms with Crippen molar-refractivity contribution in [3.8, 4) is 11.1 Å². The molecular formula is C20H24N4O3S. The van der Waals surface area contributed by atoms with Crippen LogP contribution in [-0.2, 0) is 31.4 Å². The molecular weight excluding hydrogens is 376 g/mol. The van der Waals surface area contributed by atoms with E-state index in [2.05, 4.69) is 21.4 Å². The van der Waals surface area contributed by atoms with Crippen molar-refractivity contribution in [3.63, 3.8) is 0 Å². The molecule has 4 rings (SSSR count). The van der Waals surface area contributed by atoms with E-state index < -0.39 is 10.9 Å². The maximum absolute atomic E-state index is 12.1. The summed E-state index contributed by atoms with van der Waals surface area (Å²) in [5, 5.41) is 0. The summed E-state index contributed by atoms with van der Waals surface area (Å²) in [6.07, 6.45) is 4.75. The molecule has 0 saturated heterocycles.